The minimum absolute atomic E-state index is 0.332. The number of ether oxygens (including phenoxy) is 3. The van der Waals surface area contributed by atoms with Crippen LogP contribution in [0.15, 0.2) is 91.0 Å². The van der Waals surface area contributed by atoms with E-state index in [1.165, 1.54) is 0 Å². The average Bonchev–Trinajstić information content (AvgIpc) is 2.84. The molecule has 0 unspecified atom stereocenters. The summed E-state index contributed by atoms with van der Waals surface area (Å²) < 4.78 is 18.4. The SMILES string of the molecule is CC[C@@H](O)[C@@H](OCc1ccccc1)[C@@H](COCc1ccccc1)OCc1ccccc1. The maximum atomic E-state index is 10.7. The van der Waals surface area contributed by atoms with E-state index in [-0.39, 0.29) is 0 Å². The van der Waals surface area contributed by atoms with Crippen molar-refractivity contribution in [3.8, 4) is 0 Å². The van der Waals surface area contributed by atoms with Crippen LogP contribution >= 0.6 is 0 Å². The largest absolute Gasteiger partial charge is 0.390 e. The molecule has 3 atom stereocenters. The van der Waals surface area contributed by atoms with E-state index in [0.717, 1.165) is 16.7 Å². The number of hydrogen-bond acceptors (Lipinski definition) is 4. The fourth-order valence-electron chi connectivity index (χ4n) is 3.35. The van der Waals surface area contributed by atoms with E-state index in [0.29, 0.717) is 32.8 Å². The Kier molecular flexibility index (Phi) is 9.74. The minimum atomic E-state index is -0.648. The van der Waals surface area contributed by atoms with Crippen molar-refractivity contribution in [3.63, 3.8) is 0 Å². The smallest absolute Gasteiger partial charge is 0.112 e. The number of hydrogen-bond donors (Lipinski definition) is 1. The molecule has 0 saturated carbocycles. The second-order valence-electron chi connectivity index (χ2n) is 7.57. The summed E-state index contributed by atoms with van der Waals surface area (Å²) in [6.07, 6.45) is -0.972. The predicted octanol–water partition coefficient (Wildman–Crippen LogP) is 5.14. The Morgan fingerprint density at radius 3 is 1.58 bits per heavy atom. The van der Waals surface area contributed by atoms with Crippen molar-refractivity contribution in [1.82, 2.24) is 0 Å². The van der Waals surface area contributed by atoms with Crippen LogP contribution in [0.1, 0.15) is 30.0 Å². The van der Waals surface area contributed by atoms with E-state index < -0.39 is 18.3 Å². The maximum absolute atomic E-state index is 10.7. The van der Waals surface area contributed by atoms with Gasteiger partial charge in [-0.3, -0.25) is 0 Å². The summed E-state index contributed by atoms with van der Waals surface area (Å²) >= 11 is 0. The van der Waals surface area contributed by atoms with Crippen molar-refractivity contribution >= 4 is 0 Å². The highest BCUT2D eigenvalue weighted by Crippen LogP contribution is 2.18. The van der Waals surface area contributed by atoms with Crippen LogP contribution in [0, 0.1) is 0 Å². The van der Waals surface area contributed by atoms with Gasteiger partial charge in [0.1, 0.15) is 12.2 Å². The number of rotatable bonds is 13. The molecule has 0 saturated heterocycles. The van der Waals surface area contributed by atoms with Gasteiger partial charge in [0.2, 0.25) is 0 Å². The molecule has 0 bridgehead atoms. The predicted molar refractivity (Wildman–Crippen MR) is 122 cm³/mol. The average molecular weight is 421 g/mol. The van der Waals surface area contributed by atoms with E-state index in [2.05, 4.69) is 0 Å². The topological polar surface area (TPSA) is 47.9 Å². The van der Waals surface area contributed by atoms with Crippen LogP contribution in [0.2, 0.25) is 0 Å². The number of aliphatic hydroxyl groups excluding tert-OH is 1. The van der Waals surface area contributed by atoms with Crippen LogP contribution < -0.4 is 0 Å². The van der Waals surface area contributed by atoms with Crippen molar-refractivity contribution in [2.75, 3.05) is 6.61 Å². The van der Waals surface area contributed by atoms with Crippen LogP contribution in [-0.4, -0.2) is 30.0 Å². The summed E-state index contributed by atoms with van der Waals surface area (Å²) in [6, 6.07) is 30.0. The van der Waals surface area contributed by atoms with E-state index in [1.54, 1.807) is 0 Å². The molecule has 0 aliphatic rings. The van der Waals surface area contributed by atoms with Crippen molar-refractivity contribution in [1.29, 1.82) is 0 Å². The maximum Gasteiger partial charge on any atom is 0.112 e. The van der Waals surface area contributed by atoms with Gasteiger partial charge in [0.15, 0.2) is 0 Å². The van der Waals surface area contributed by atoms with Gasteiger partial charge in [-0.25, -0.2) is 0 Å². The Bertz CT molecular complexity index is 839. The standard InChI is InChI=1S/C27H32O4/c1-2-25(28)27(31-20-24-16-10-5-11-17-24)26(30-19-23-14-8-4-9-15-23)21-29-18-22-12-6-3-7-13-22/h3-17,25-28H,2,18-21H2,1H3/t25-,26-,27-/m1/s1. The Balaban J connectivity index is 1.67. The lowest BCUT2D eigenvalue weighted by Gasteiger charge is -2.31. The molecule has 0 radical (unpaired) electrons. The molecule has 0 aliphatic heterocycles. The molecule has 4 heteroatoms. The fourth-order valence-corrected chi connectivity index (χ4v) is 3.35. The third kappa shape index (κ3) is 7.93. The van der Waals surface area contributed by atoms with Gasteiger partial charge < -0.3 is 19.3 Å². The minimum Gasteiger partial charge on any atom is -0.390 e. The molecule has 164 valence electrons. The van der Waals surface area contributed by atoms with E-state index in [4.69, 9.17) is 14.2 Å². The first-order chi connectivity index (χ1) is 15.3. The molecule has 31 heavy (non-hydrogen) atoms. The van der Waals surface area contributed by atoms with Gasteiger partial charge >= 0.3 is 0 Å². The molecule has 3 rings (SSSR count). The lowest BCUT2D eigenvalue weighted by atomic mass is 10.1. The Labute approximate surface area is 185 Å². The zero-order chi connectivity index (χ0) is 21.7. The van der Waals surface area contributed by atoms with E-state index in [1.807, 2.05) is 97.9 Å². The van der Waals surface area contributed by atoms with Crippen LogP contribution in [-0.2, 0) is 34.0 Å². The molecule has 1 N–H and O–H groups in total. The van der Waals surface area contributed by atoms with Crippen LogP contribution in [0.3, 0.4) is 0 Å². The van der Waals surface area contributed by atoms with Crippen molar-refractivity contribution in [3.05, 3.63) is 108 Å². The molecular weight excluding hydrogens is 388 g/mol. The second kappa shape index (κ2) is 13.0. The van der Waals surface area contributed by atoms with Crippen molar-refractivity contribution in [2.24, 2.45) is 0 Å². The lowest BCUT2D eigenvalue weighted by Crippen LogP contribution is -2.43. The van der Waals surface area contributed by atoms with Gasteiger partial charge in [-0.05, 0) is 23.1 Å². The molecule has 0 aromatic heterocycles. The highest BCUT2D eigenvalue weighted by atomic mass is 16.6. The van der Waals surface area contributed by atoms with Crippen molar-refractivity contribution in [2.45, 2.75) is 51.5 Å². The van der Waals surface area contributed by atoms with Gasteiger partial charge in [0.25, 0.3) is 0 Å². The molecule has 0 spiro atoms. The summed E-state index contributed by atoms with van der Waals surface area (Å²) in [5.74, 6) is 0. The molecule has 0 heterocycles. The molecule has 0 aliphatic carbocycles. The summed E-state index contributed by atoms with van der Waals surface area (Å²) in [5.41, 5.74) is 3.23. The van der Waals surface area contributed by atoms with Crippen LogP contribution in [0.4, 0.5) is 0 Å². The summed E-state index contributed by atoms with van der Waals surface area (Å²) in [4.78, 5) is 0. The second-order valence-corrected chi connectivity index (χ2v) is 7.57. The van der Waals surface area contributed by atoms with Gasteiger partial charge in [-0.2, -0.15) is 0 Å². The summed E-state index contributed by atoms with van der Waals surface area (Å²) in [5, 5.41) is 10.7. The molecular formula is C27H32O4. The highest BCUT2D eigenvalue weighted by molar-refractivity contribution is 5.15. The van der Waals surface area contributed by atoms with Crippen molar-refractivity contribution < 1.29 is 19.3 Å². The van der Waals surface area contributed by atoms with Gasteiger partial charge in [-0.1, -0.05) is 97.9 Å². The van der Waals surface area contributed by atoms with Crippen LogP contribution in [0.5, 0.6) is 0 Å². The Morgan fingerprint density at radius 2 is 1.10 bits per heavy atom. The molecule has 4 nitrogen and oxygen atoms in total. The third-order valence-electron chi connectivity index (χ3n) is 5.15. The van der Waals surface area contributed by atoms with Gasteiger partial charge in [0.05, 0.1) is 32.5 Å². The quantitative estimate of drug-likeness (QED) is 0.416. The van der Waals surface area contributed by atoms with Crippen LogP contribution in [0.25, 0.3) is 0 Å². The fraction of sp³-hybridized carbons (Fsp3) is 0.333. The number of aliphatic hydroxyl groups is 1. The summed E-state index contributed by atoms with van der Waals surface area (Å²) in [7, 11) is 0. The summed E-state index contributed by atoms with van der Waals surface area (Å²) in [6.45, 7) is 3.61. The van der Waals surface area contributed by atoms with Gasteiger partial charge in [0, 0.05) is 0 Å². The zero-order valence-electron chi connectivity index (χ0n) is 18.1. The Hall–Kier alpha value is -2.50. The lowest BCUT2D eigenvalue weighted by molar-refractivity contribution is -0.153. The normalized spacial score (nSPS) is 14.1. The molecule has 3 aromatic rings. The van der Waals surface area contributed by atoms with E-state index >= 15 is 0 Å². The Morgan fingerprint density at radius 1 is 0.645 bits per heavy atom. The molecule has 0 amide bonds. The zero-order valence-corrected chi connectivity index (χ0v) is 18.1. The number of benzene rings is 3. The van der Waals surface area contributed by atoms with E-state index in [9.17, 15) is 5.11 Å². The van der Waals surface area contributed by atoms with Gasteiger partial charge in [-0.15, -0.1) is 0 Å². The third-order valence-corrected chi connectivity index (χ3v) is 5.15. The first kappa shape index (κ1) is 23.2. The molecule has 0 fully saturated rings. The monoisotopic (exact) mass is 420 g/mol. The first-order valence-corrected chi connectivity index (χ1v) is 10.9. The molecule has 3 aromatic carbocycles. The first-order valence-electron chi connectivity index (χ1n) is 10.9. The highest BCUT2D eigenvalue weighted by Gasteiger charge is 2.30.